The summed E-state index contributed by atoms with van der Waals surface area (Å²) in [7, 11) is -2.07. The summed E-state index contributed by atoms with van der Waals surface area (Å²) in [5.74, 6) is -0.708. The van der Waals surface area contributed by atoms with Gasteiger partial charge in [0.2, 0.25) is 10.0 Å². The molecule has 5 nitrogen and oxygen atoms in total. The maximum atomic E-state index is 14.2. The number of nitrogens with zero attached hydrogens (tertiary/aromatic N) is 1. The molecule has 1 atom stereocenters. The summed E-state index contributed by atoms with van der Waals surface area (Å²) in [4.78, 5) is -0.267. The van der Waals surface area contributed by atoms with Gasteiger partial charge in [0.1, 0.15) is 10.7 Å². The molecule has 0 saturated carbocycles. The van der Waals surface area contributed by atoms with E-state index in [1.165, 1.54) is 16.4 Å². The van der Waals surface area contributed by atoms with Crippen LogP contribution in [-0.4, -0.2) is 45.6 Å². The van der Waals surface area contributed by atoms with E-state index in [0.29, 0.717) is 31.7 Å². The molecule has 0 amide bonds. The van der Waals surface area contributed by atoms with Crippen LogP contribution in [0.3, 0.4) is 0 Å². The number of benzene rings is 1. The summed E-state index contributed by atoms with van der Waals surface area (Å²) in [6.45, 7) is 3.44. The number of hydrogen-bond acceptors (Lipinski definition) is 4. The number of halogens is 1. The summed E-state index contributed by atoms with van der Waals surface area (Å²) < 4.78 is 46.1. The third-order valence-corrected chi connectivity index (χ3v) is 5.31. The predicted molar refractivity (Wildman–Crippen MR) is 78.0 cm³/mol. The first-order valence-corrected chi connectivity index (χ1v) is 8.44. The summed E-state index contributed by atoms with van der Waals surface area (Å²) in [5, 5.41) is 2.90. The zero-order valence-corrected chi connectivity index (χ0v) is 13.1. The Bertz CT molecular complexity index is 592. The third-order valence-electron chi connectivity index (χ3n) is 3.41. The van der Waals surface area contributed by atoms with Gasteiger partial charge in [-0.15, -0.1) is 0 Å². The molecule has 2 rings (SSSR count). The minimum atomic E-state index is -3.82. The Labute approximate surface area is 125 Å². The van der Waals surface area contributed by atoms with Crippen molar-refractivity contribution in [1.29, 1.82) is 0 Å². The van der Waals surface area contributed by atoms with Gasteiger partial charge in [-0.25, -0.2) is 12.8 Å². The molecule has 118 valence electrons. The van der Waals surface area contributed by atoms with Crippen molar-refractivity contribution in [1.82, 2.24) is 9.62 Å². The lowest BCUT2D eigenvalue weighted by atomic mass is 10.2. The van der Waals surface area contributed by atoms with Gasteiger partial charge in [0.05, 0.1) is 6.10 Å². The molecule has 0 aliphatic carbocycles. The van der Waals surface area contributed by atoms with Gasteiger partial charge in [0.25, 0.3) is 0 Å². The molecule has 1 N–H and O–H groups in total. The maximum Gasteiger partial charge on any atom is 0.246 e. The van der Waals surface area contributed by atoms with E-state index < -0.39 is 15.8 Å². The number of sulfonamides is 1. The SMILES string of the molecule is CNCc1ccc(S(=O)(=O)N2CCCOC(C)C2)c(F)c1. The highest BCUT2D eigenvalue weighted by Gasteiger charge is 2.30. The van der Waals surface area contributed by atoms with Crippen LogP contribution >= 0.6 is 0 Å². The van der Waals surface area contributed by atoms with Crippen molar-refractivity contribution in [2.45, 2.75) is 30.9 Å². The molecule has 1 unspecified atom stereocenters. The lowest BCUT2D eigenvalue weighted by Gasteiger charge is -2.22. The summed E-state index contributed by atoms with van der Waals surface area (Å²) in [6.07, 6.45) is 0.428. The Balaban J connectivity index is 2.30. The summed E-state index contributed by atoms with van der Waals surface area (Å²) >= 11 is 0. The van der Waals surface area contributed by atoms with Gasteiger partial charge in [-0.05, 0) is 38.1 Å². The Kier molecular flexibility index (Phi) is 5.32. The van der Waals surface area contributed by atoms with Gasteiger partial charge in [-0.3, -0.25) is 0 Å². The molecule has 1 aromatic rings. The standard InChI is InChI=1S/C14H21FN2O3S/c1-11-10-17(6-3-7-20-11)21(18,19)14-5-4-12(9-16-2)8-13(14)15/h4-5,8,11,16H,3,6-7,9-10H2,1-2H3. The van der Waals surface area contributed by atoms with Gasteiger partial charge >= 0.3 is 0 Å². The first-order valence-electron chi connectivity index (χ1n) is 7.00. The Morgan fingerprint density at radius 1 is 1.48 bits per heavy atom. The van der Waals surface area contributed by atoms with E-state index in [4.69, 9.17) is 4.74 Å². The monoisotopic (exact) mass is 316 g/mol. The van der Waals surface area contributed by atoms with Gasteiger partial charge in [-0.2, -0.15) is 4.31 Å². The average molecular weight is 316 g/mol. The molecule has 1 aliphatic rings. The highest BCUT2D eigenvalue weighted by atomic mass is 32.2. The van der Waals surface area contributed by atoms with Crippen molar-refractivity contribution in [2.24, 2.45) is 0 Å². The van der Waals surface area contributed by atoms with Crippen molar-refractivity contribution in [3.63, 3.8) is 0 Å². The smallest absolute Gasteiger partial charge is 0.246 e. The molecule has 1 heterocycles. The minimum Gasteiger partial charge on any atom is -0.377 e. The number of rotatable bonds is 4. The number of hydrogen-bond donors (Lipinski definition) is 1. The van der Waals surface area contributed by atoms with Crippen LogP contribution in [-0.2, 0) is 21.3 Å². The molecule has 7 heteroatoms. The van der Waals surface area contributed by atoms with Crippen LogP contribution in [0.4, 0.5) is 4.39 Å². The molecule has 0 radical (unpaired) electrons. The van der Waals surface area contributed by atoms with E-state index in [1.807, 2.05) is 6.92 Å². The zero-order chi connectivity index (χ0) is 15.5. The highest BCUT2D eigenvalue weighted by Crippen LogP contribution is 2.22. The van der Waals surface area contributed by atoms with E-state index in [9.17, 15) is 12.8 Å². The van der Waals surface area contributed by atoms with Crippen LogP contribution < -0.4 is 5.32 Å². The van der Waals surface area contributed by atoms with Crippen LogP contribution in [0.15, 0.2) is 23.1 Å². The average Bonchev–Trinajstić information content (AvgIpc) is 2.64. The fraction of sp³-hybridized carbons (Fsp3) is 0.571. The summed E-state index contributed by atoms with van der Waals surface area (Å²) in [5.41, 5.74) is 0.710. The Morgan fingerprint density at radius 2 is 2.24 bits per heavy atom. The van der Waals surface area contributed by atoms with Crippen molar-refractivity contribution >= 4 is 10.0 Å². The van der Waals surface area contributed by atoms with Crippen LogP contribution in [0.2, 0.25) is 0 Å². The quantitative estimate of drug-likeness (QED) is 0.911. The van der Waals surface area contributed by atoms with Crippen LogP contribution in [0.1, 0.15) is 18.9 Å². The normalized spacial score (nSPS) is 21.2. The van der Waals surface area contributed by atoms with Gasteiger partial charge in [-0.1, -0.05) is 6.07 Å². The van der Waals surface area contributed by atoms with Gasteiger partial charge < -0.3 is 10.1 Å². The molecule has 1 aromatic carbocycles. The van der Waals surface area contributed by atoms with Crippen molar-refractivity contribution < 1.29 is 17.5 Å². The molecule has 0 bridgehead atoms. The molecule has 1 saturated heterocycles. The van der Waals surface area contributed by atoms with Crippen molar-refractivity contribution in [2.75, 3.05) is 26.7 Å². The van der Waals surface area contributed by atoms with E-state index in [0.717, 1.165) is 0 Å². The second-order valence-corrected chi connectivity index (χ2v) is 7.10. The first kappa shape index (κ1) is 16.4. The van der Waals surface area contributed by atoms with Gasteiger partial charge in [0, 0.05) is 26.2 Å². The number of nitrogens with one attached hydrogen (secondary N) is 1. The van der Waals surface area contributed by atoms with Crippen LogP contribution in [0.5, 0.6) is 0 Å². The molecule has 1 aliphatic heterocycles. The predicted octanol–water partition coefficient (Wildman–Crippen LogP) is 1.34. The van der Waals surface area contributed by atoms with Crippen LogP contribution in [0.25, 0.3) is 0 Å². The van der Waals surface area contributed by atoms with Crippen molar-refractivity contribution in [3.8, 4) is 0 Å². The Morgan fingerprint density at radius 3 is 2.90 bits per heavy atom. The van der Waals surface area contributed by atoms with E-state index in [1.54, 1.807) is 13.1 Å². The van der Waals surface area contributed by atoms with Crippen LogP contribution in [0, 0.1) is 5.82 Å². The topological polar surface area (TPSA) is 58.6 Å². The minimum absolute atomic E-state index is 0.186. The van der Waals surface area contributed by atoms with Crippen molar-refractivity contribution in [3.05, 3.63) is 29.6 Å². The van der Waals surface area contributed by atoms with E-state index in [2.05, 4.69) is 5.32 Å². The molecule has 0 aromatic heterocycles. The lowest BCUT2D eigenvalue weighted by Crippen LogP contribution is -2.36. The second-order valence-electron chi connectivity index (χ2n) is 5.19. The van der Waals surface area contributed by atoms with E-state index in [-0.39, 0.29) is 17.5 Å². The highest BCUT2D eigenvalue weighted by molar-refractivity contribution is 7.89. The first-order chi connectivity index (χ1) is 9.95. The third kappa shape index (κ3) is 3.79. The second kappa shape index (κ2) is 6.83. The fourth-order valence-electron chi connectivity index (χ4n) is 2.38. The van der Waals surface area contributed by atoms with E-state index >= 15 is 0 Å². The maximum absolute atomic E-state index is 14.2. The molecule has 21 heavy (non-hydrogen) atoms. The lowest BCUT2D eigenvalue weighted by molar-refractivity contribution is 0.0752. The summed E-state index contributed by atoms with van der Waals surface area (Å²) in [6, 6.07) is 4.24. The molecule has 0 spiro atoms. The van der Waals surface area contributed by atoms with Gasteiger partial charge in [0.15, 0.2) is 0 Å². The largest absolute Gasteiger partial charge is 0.377 e. The molecular weight excluding hydrogens is 295 g/mol. The zero-order valence-electron chi connectivity index (χ0n) is 12.3. The fourth-order valence-corrected chi connectivity index (χ4v) is 3.98. The number of ether oxygens (including phenoxy) is 1. The molecular formula is C14H21FN2O3S. The Hall–Kier alpha value is -1.02. The molecule has 1 fully saturated rings.